The zero-order valence-corrected chi connectivity index (χ0v) is 14.5. The van der Waals surface area contributed by atoms with Gasteiger partial charge in [0.25, 0.3) is 0 Å². The van der Waals surface area contributed by atoms with E-state index in [9.17, 15) is 0 Å². The van der Waals surface area contributed by atoms with E-state index in [1.165, 1.54) is 64.5 Å². The SMILES string of the molecule is CCNC(CCC1CCCO1)C(C)(CC)N1CCCCC1. The summed E-state index contributed by atoms with van der Waals surface area (Å²) in [5.74, 6) is 0. The summed E-state index contributed by atoms with van der Waals surface area (Å²) in [7, 11) is 0. The number of nitrogens with zero attached hydrogens (tertiary/aromatic N) is 1. The summed E-state index contributed by atoms with van der Waals surface area (Å²) in [6.07, 6.45) is 10.9. The van der Waals surface area contributed by atoms with Crippen LogP contribution in [0.15, 0.2) is 0 Å². The van der Waals surface area contributed by atoms with Crippen molar-refractivity contribution in [3.63, 3.8) is 0 Å². The lowest BCUT2D eigenvalue weighted by Gasteiger charge is -2.48. The van der Waals surface area contributed by atoms with E-state index in [1.54, 1.807) is 0 Å². The van der Waals surface area contributed by atoms with Gasteiger partial charge in [0.1, 0.15) is 0 Å². The Balaban J connectivity index is 1.97. The third-order valence-electron chi connectivity index (χ3n) is 5.80. The van der Waals surface area contributed by atoms with Crippen LogP contribution >= 0.6 is 0 Å². The molecule has 0 aliphatic carbocycles. The van der Waals surface area contributed by atoms with Crippen LogP contribution in [0.2, 0.25) is 0 Å². The van der Waals surface area contributed by atoms with Gasteiger partial charge < -0.3 is 10.1 Å². The molecule has 2 rings (SSSR count). The number of nitrogens with one attached hydrogen (secondary N) is 1. The summed E-state index contributed by atoms with van der Waals surface area (Å²) in [5.41, 5.74) is 0.301. The molecule has 1 N–H and O–H groups in total. The van der Waals surface area contributed by atoms with Crippen LogP contribution in [0.4, 0.5) is 0 Å². The zero-order chi connectivity index (χ0) is 15.1. The first-order valence-electron chi connectivity index (χ1n) is 9.30. The van der Waals surface area contributed by atoms with Gasteiger partial charge in [-0.05, 0) is 71.5 Å². The fourth-order valence-electron chi connectivity index (χ4n) is 4.20. The van der Waals surface area contributed by atoms with Crippen molar-refractivity contribution >= 4 is 0 Å². The third kappa shape index (κ3) is 4.43. The van der Waals surface area contributed by atoms with Crippen molar-refractivity contribution in [1.82, 2.24) is 10.2 Å². The lowest BCUT2D eigenvalue weighted by molar-refractivity contribution is 0.0319. The molecule has 3 heteroatoms. The van der Waals surface area contributed by atoms with Crippen LogP contribution in [0.5, 0.6) is 0 Å². The van der Waals surface area contributed by atoms with Crippen molar-refractivity contribution < 1.29 is 4.74 Å². The highest BCUT2D eigenvalue weighted by Gasteiger charge is 2.38. The average Bonchev–Trinajstić information content (AvgIpc) is 3.05. The first-order chi connectivity index (χ1) is 10.2. The van der Waals surface area contributed by atoms with Gasteiger partial charge in [0.2, 0.25) is 0 Å². The van der Waals surface area contributed by atoms with Crippen molar-refractivity contribution in [1.29, 1.82) is 0 Å². The monoisotopic (exact) mass is 296 g/mol. The maximum absolute atomic E-state index is 5.83. The van der Waals surface area contributed by atoms with Crippen LogP contribution in [0.3, 0.4) is 0 Å². The lowest BCUT2D eigenvalue weighted by atomic mass is 9.82. The average molecular weight is 296 g/mol. The molecule has 0 bridgehead atoms. The molecule has 2 aliphatic heterocycles. The highest BCUT2D eigenvalue weighted by Crippen LogP contribution is 2.31. The van der Waals surface area contributed by atoms with E-state index in [1.807, 2.05) is 0 Å². The van der Waals surface area contributed by atoms with Crippen LogP contribution in [0.1, 0.15) is 72.1 Å². The summed E-state index contributed by atoms with van der Waals surface area (Å²) in [6, 6.07) is 0.592. The van der Waals surface area contributed by atoms with Gasteiger partial charge in [0.05, 0.1) is 6.10 Å². The van der Waals surface area contributed by atoms with Gasteiger partial charge >= 0.3 is 0 Å². The molecule has 0 aromatic rings. The second-order valence-corrected chi connectivity index (χ2v) is 7.08. The van der Waals surface area contributed by atoms with Gasteiger partial charge in [-0.15, -0.1) is 0 Å². The number of ether oxygens (including phenoxy) is 1. The van der Waals surface area contributed by atoms with Crippen molar-refractivity contribution in [2.24, 2.45) is 0 Å². The zero-order valence-electron chi connectivity index (χ0n) is 14.5. The van der Waals surface area contributed by atoms with E-state index >= 15 is 0 Å². The molecule has 2 fully saturated rings. The Bertz CT molecular complexity index is 285. The summed E-state index contributed by atoms with van der Waals surface area (Å²) >= 11 is 0. The third-order valence-corrected chi connectivity index (χ3v) is 5.80. The Kier molecular flexibility index (Phi) is 6.97. The summed E-state index contributed by atoms with van der Waals surface area (Å²) < 4.78 is 5.83. The molecule has 3 unspecified atom stereocenters. The van der Waals surface area contributed by atoms with Gasteiger partial charge in [-0.3, -0.25) is 4.90 Å². The maximum atomic E-state index is 5.83. The number of piperidine rings is 1. The molecule has 124 valence electrons. The highest BCUT2D eigenvalue weighted by molar-refractivity contribution is 4.97. The molecule has 2 aliphatic rings. The Labute approximate surface area is 131 Å². The summed E-state index contributed by atoms with van der Waals surface area (Å²) in [4.78, 5) is 2.76. The molecule has 0 radical (unpaired) electrons. The van der Waals surface area contributed by atoms with Crippen molar-refractivity contribution in [2.75, 3.05) is 26.2 Å². The molecule has 3 nitrogen and oxygen atoms in total. The van der Waals surface area contributed by atoms with Gasteiger partial charge in [-0.2, -0.15) is 0 Å². The number of likely N-dealkylation sites (N-methyl/N-ethyl adjacent to an activating group) is 1. The molecule has 3 atom stereocenters. The molecule has 2 heterocycles. The summed E-state index contributed by atoms with van der Waals surface area (Å²) in [6.45, 7) is 11.7. The van der Waals surface area contributed by atoms with E-state index in [0.717, 1.165) is 13.2 Å². The second kappa shape index (κ2) is 8.50. The molecular weight excluding hydrogens is 260 g/mol. The molecule has 2 saturated heterocycles. The molecule has 0 saturated carbocycles. The second-order valence-electron chi connectivity index (χ2n) is 7.08. The van der Waals surface area contributed by atoms with Crippen LogP contribution < -0.4 is 5.32 Å². The normalized spacial score (nSPS) is 28.4. The van der Waals surface area contributed by atoms with E-state index in [-0.39, 0.29) is 0 Å². The molecule has 0 amide bonds. The van der Waals surface area contributed by atoms with Crippen LogP contribution in [0, 0.1) is 0 Å². The Hall–Kier alpha value is -0.120. The number of likely N-dealkylation sites (tertiary alicyclic amines) is 1. The fourth-order valence-corrected chi connectivity index (χ4v) is 4.20. The van der Waals surface area contributed by atoms with E-state index in [2.05, 4.69) is 31.0 Å². The Morgan fingerprint density at radius 1 is 1.19 bits per heavy atom. The van der Waals surface area contributed by atoms with Gasteiger partial charge in [-0.25, -0.2) is 0 Å². The Morgan fingerprint density at radius 3 is 2.52 bits per heavy atom. The smallest absolute Gasteiger partial charge is 0.0576 e. The highest BCUT2D eigenvalue weighted by atomic mass is 16.5. The molecule has 0 spiro atoms. The quantitative estimate of drug-likeness (QED) is 0.741. The van der Waals surface area contributed by atoms with E-state index < -0.39 is 0 Å². The van der Waals surface area contributed by atoms with Crippen LogP contribution in [-0.2, 0) is 4.74 Å². The number of rotatable bonds is 8. The molecule has 0 aromatic heterocycles. The minimum Gasteiger partial charge on any atom is -0.378 e. The number of hydrogen-bond acceptors (Lipinski definition) is 3. The van der Waals surface area contributed by atoms with Crippen LogP contribution in [-0.4, -0.2) is 48.8 Å². The topological polar surface area (TPSA) is 24.5 Å². The molecule has 21 heavy (non-hydrogen) atoms. The minimum atomic E-state index is 0.301. The lowest BCUT2D eigenvalue weighted by Crippen LogP contribution is -2.60. The van der Waals surface area contributed by atoms with Crippen molar-refractivity contribution in [3.8, 4) is 0 Å². The van der Waals surface area contributed by atoms with Gasteiger partial charge in [-0.1, -0.05) is 20.3 Å². The molecule has 0 aromatic carbocycles. The predicted octanol–water partition coefficient (Wildman–Crippen LogP) is 3.58. The van der Waals surface area contributed by atoms with Crippen LogP contribution in [0.25, 0.3) is 0 Å². The van der Waals surface area contributed by atoms with Crippen molar-refractivity contribution in [2.45, 2.75) is 89.8 Å². The molecular formula is C18H36N2O. The van der Waals surface area contributed by atoms with E-state index in [4.69, 9.17) is 4.74 Å². The van der Waals surface area contributed by atoms with E-state index in [0.29, 0.717) is 17.7 Å². The number of hydrogen-bond donors (Lipinski definition) is 1. The van der Waals surface area contributed by atoms with Crippen molar-refractivity contribution in [3.05, 3.63) is 0 Å². The minimum absolute atomic E-state index is 0.301. The summed E-state index contributed by atoms with van der Waals surface area (Å²) in [5, 5.41) is 3.80. The van der Waals surface area contributed by atoms with Gasteiger partial charge in [0.15, 0.2) is 0 Å². The fraction of sp³-hybridized carbons (Fsp3) is 1.00. The Morgan fingerprint density at radius 2 is 1.95 bits per heavy atom. The first kappa shape index (κ1) is 17.2. The van der Waals surface area contributed by atoms with Gasteiger partial charge in [0, 0.05) is 18.2 Å². The predicted molar refractivity (Wildman–Crippen MR) is 89.8 cm³/mol. The standard InChI is InChI=1S/C18H36N2O/c1-4-18(3,20-13-7-6-8-14-20)17(19-5-2)12-11-16-10-9-15-21-16/h16-17,19H,4-15H2,1-3H3. The largest absolute Gasteiger partial charge is 0.378 e. The first-order valence-corrected chi connectivity index (χ1v) is 9.30. The maximum Gasteiger partial charge on any atom is 0.0576 e.